The van der Waals surface area contributed by atoms with Gasteiger partial charge in [0.25, 0.3) is 0 Å². The molecule has 0 bridgehead atoms. The molecule has 0 fully saturated rings. The molecular weight excluding hydrogens is 207 g/mol. The molecule has 2 N–H and O–H groups in total. The molecule has 0 aliphatic rings. The van der Waals surface area contributed by atoms with Gasteiger partial charge in [0.2, 0.25) is 5.95 Å². The van der Waals surface area contributed by atoms with Gasteiger partial charge < -0.3 is 5.73 Å². The quantitative estimate of drug-likeness (QED) is 0.580. The molecule has 0 aliphatic heterocycles. The average molecular weight is 214 g/mol. The van der Waals surface area contributed by atoms with Crippen molar-refractivity contribution < 1.29 is 4.39 Å². The van der Waals surface area contributed by atoms with Gasteiger partial charge in [0.1, 0.15) is 5.82 Å². The lowest BCUT2D eigenvalue weighted by molar-refractivity contribution is 0.629. The monoisotopic (exact) mass is 214 g/mol. The number of anilines is 1. The lowest BCUT2D eigenvalue weighted by Gasteiger charge is -2.01. The maximum absolute atomic E-state index is 13.0. The van der Waals surface area contributed by atoms with Crippen molar-refractivity contribution in [1.82, 2.24) is 15.0 Å². The molecule has 78 valence electrons. The minimum absolute atomic E-state index is 0.163. The summed E-state index contributed by atoms with van der Waals surface area (Å²) in [5, 5.41) is 1.63. The number of rotatable bonds is 0. The zero-order valence-corrected chi connectivity index (χ0v) is 8.18. The molecule has 4 nitrogen and oxygen atoms in total. The number of fused-ring (bicyclic) bond motifs is 2. The van der Waals surface area contributed by atoms with Crippen molar-refractivity contribution in [1.29, 1.82) is 0 Å². The second-order valence-corrected chi connectivity index (χ2v) is 3.47. The Labute approximate surface area is 90.0 Å². The van der Waals surface area contributed by atoms with Crippen molar-refractivity contribution in [3.05, 3.63) is 36.3 Å². The Bertz CT molecular complexity index is 639. The molecule has 1 aromatic carbocycles. The Morgan fingerprint density at radius 3 is 2.81 bits per heavy atom. The lowest BCUT2D eigenvalue weighted by Crippen LogP contribution is -1.95. The number of hydrogen-bond acceptors (Lipinski definition) is 4. The summed E-state index contributed by atoms with van der Waals surface area (Å²) >= 11 is 0. The van der Waals surface area contributed by atoms with Crippen LogP contribution in [-0.4, -0.2) is 15.0 Å². The molecule has 0 atom stereocenters. The van der Waals surface area contributed by atoms with Crippen LogP contribution in [0, 0.1) is 5.82 Å². The van der Waals surface area contributed by atoms with Crippen LogP contribution in [0.25, 0.3) is 21.9 Å². The molecule has 0 amide bonds. The summed E-state index contributed by atoms with van der Waals surface area (Å²) in [5.74, 6) is -0.155. The number of pyridine rings is 1. The topological polar surface area (TPSA) is 64.7 Å². The molecule has 0 aliphatic carbocycles. The van der Waals surface area contributed by atoms with Crippen molar-refractivity contribution in [2.75, 3.05) is 5.73 Å². The van der Waals surface area contributed by atoms with Gasteiger partial charge in [0.15, 0.2) is 5.65 Å². The van der Waals surface area contributed by atoms with Gasteiger partial charge in [-0.15, -0.1) is 0 Å². The van der Waals surface area contributed by atoms with E-state index in [0.717, 1.165) is 10.8 Å². The molecule has 0 unspecified atom stereocenters. The predicted molar refractivity (Wildman–Crippen MR) is 59.2 cm³/mol. The average Bonchev–Trinajstić information content (AvgIpc) is 2.26. The van der Waals surface area contributed by atoms with E-state index in [4.69, 9.17) is 5.73 Å². The lowest BCUT2D eigenvalue weighted by atomic mass is 10.2. The molecule has 2 heterocycles. The van der Waals surface area contributed by atoms with Gasteiger partial charge in [-0.3, -0.25) is 0 Å². The third-order valence-electron chi connectivity index (χ3n) is 2.34. The Hall–Kier alpha value is -2.30. The van der Waals surface area contributed by atoms with Crippen LogP contribution in [0.5, 0.6) is 0 Å². The van der Waals surface area contributed by atoms with Crippen LogP contribution in [-0.2, 0) is 0 Å². The first-order valence-corrected chi connectivity index (χ1v) is 4.71. The highest BCUT2D eigenvalue weighted by Gasteiger charge is 2.03. The van der Waals surface area contributed by atoms with E-state index in [1.165, 1.54) is 12.1 Å². The second-order valence-electron chi connectivity index (χ2n) is 3.47. The molecule has 0 spiro atoms. The van der Waals surface area contributed by atoms with Crippen molar-refractivity contribution in [2.45, 2.75) is 0 Å². The van der Waals surface area contributed by atoms with Crippen LogP contribution >= 0.6 is 0 Å². The Morgan fingerprint density at radius 2 is 1.94 bits per heavy atom. The first-order valence-electron chi connectivity index (χ1n) is 4.71. The van der Waals surface area contributed by atoms with E-state index < -0.39 is 0 Å². The van der Waals surface area contributed by atoms with Gasteiger partial charge in [-0.05, 0) is 18.2 Å². The van der Waals surface area contributed by atoms with Crippen LogP contribution in [0.4, 0.5) is 10.3 Å². The van der Waals surface area contributed by atoms with E-state index in [0.29, 0.717) is 11.2 Å². The van der Waals surface area contributed by atoms with E-state index in [1.807, 2.05) is 6.07 Å². The third kappa shape index (κ3) is 1.33. The van der Waals surface area contributed by atoms with E-state index in [9.17, 15) is 4.39 Å². The first-order chi connectivity index (χ1) is 7.72. The molecule has 0 saturated carbocycles. The second kappa shape index (κ2) is 3.10. The summed E-state index contributed by atoms with van der Waals surface area (Å²) in [7, 11) is 0. The zero-order chi connectivity index (χ0) is 11.1. The van der Waals surface area contributed by atoms with Gasteiger partial charge >= 0.3 is 0 Å². The van der Waals surface area contributed by atoms with Gasteiger partial charge in [-0.1, -0.05) is 0 Å². The Balaban J connectivity index is 2.44. The number of hydrogen-bond donors (Lipinski definition) is 1. The summed E-state index contributed by atoms with van der Waals surface area (Å²) in [6.45, 7) is 0. The molecule has 3 rings (SSSR count). The molecule has 0 saturated heterocycles. The van der Waals surface area contributed by atoms with Gasteiger partial charge in [0.05, 0.1) is 5.52 Å². The minimum Gasteiger partial charge on any atom is -0.368 e. The molecule has 2 aromatic heterocycles. The SMILES string of the molecule is Nc1ncc2cc3ccc(F)cc3nc2n1. The summed E-state index contributed by atoms with van der Waals surface area (Å²) in [4.78, 5) is 12.1. The minimum atomic E-state index is -0.318. The summed E-state index contributed by atoms with van der Waals surface area (Å²) in [6, 6.07) is 6.30. The Morgan fingerprint density at radius 1 is 1.06 bits per heavy atom. The molecule has 0 radical (unpaired) electrons. The summed E-state index contributed by atoms with van der Waals surface area (Å²) in [5.41, 5.74) is 6.50. The Kier molecular flexibility index (Phi) is 1.73. The highest BCUT2D eigenvalue weighted by Crippen LogP contribution is 2.18. The van der Waals surface area contributed by atoms with Crippen molar-refractivity contribution >= 4 is 27.9 Å². The normalized spacial score (nSPS) is 11.1. The van der Waals surface area contributed by atoms with Crippen LogP contribution in [0.2, 0.25) is 0 Å². The fourth-order valence-corrected chi connectivity index (χ4v) is 1.60. The van der Waals surface area contributed by atoms with Gasteiger partial charge in [-0.2, -0.15) is 4.98 Å². The van der Waals surface area contributed by atoms with Crippen LogP contribution < -0.4 is 5.73 Å². The maximum Gasteiger partial charge on any atom is 0.222 e. The summed E-state index contributed by atoms with van der Waals surface area (Å²) in [6.07, 6.45) is 1.60. The standard InChI is InChI=1S/C11H7FN4/c12-8-2-1-6-3-7-5-14-11(13)16-10(7)15-9(6)4-8/h1-5H,(H2,13,14,15,16). The van der Waals surface area contributed by atoms with Crippen molar-refractivity contribution in [3.63, 3.8) is 0 Å². The maximum atomic E-state index is 13.0. The van der Waals surface area contributed by atoms with E-state index in [-0.39, 0.29) is 11.8 Å². The van der Waals surface area contributed by atoms with Crippen LogP contribution in [0.1, 0.15) is 0 Å². The van der Waals surface area contributed by atoms with Crippen molar-refractivity contribution in [2.24, 2.45) is 0 Å². The number of halogens is 1. The molecule has 5 heteroatoms. The van der Waals surface area contributed by atoms with Gasteiger partial charge in [0, 0.05) is 23.0 Å². The predicted octanol–water partition coefficient (Wildman–Crippen LogP) is 1.90. The molecule has 3 aromatic rings. The number of nitrogen functional groups attached to an aromatic ring is 1. The smallest absolute Gasteiger partial charge is 0.222 e. The highest BCUT2D eigenvalue weighted by atomic mass is 19.1. The number of benzene rings is 1. The largest absolute Gasteiger partial charge is 0.368 e. The molecular formula is C11H7FN4. The molecule has 16 heavy (non-hydrogen) atoms. The fourth-order valence-electron chi connectivity index (χ4n) is 1.60. The van der Waals surface area contributed by atoms with Gasteiger partial charge in [-0.25, -0.2) is 14.4 Å². The fraction of sp³-hybridized carbons (Fsp3) is 0. The van der Waals surface area contributed by atoms with Crippen molar-refractivity contribution in [3.8, 4) is 0 Å². The van der Waals surface area contributed by atoms with E-state index in [1.54, 1.807) is 12.3 Å². The van der Waals surface area contributed by atoms with Crippen LogP contribution in [0.3, 0.4) is 0 Å². The van der Waals surface area contributed by atoms with E-state index >= 15 is 0 Å². The third-order valence-corrected chi connectivity index (χ3v) is 2.34. The highest BCUT2D eigenvalue weighted by molar-refractivity contribution is 5.90. The number of nitrogens with two attached hydrogens (primary N) is 1. The first kappa shape index (κ1) is 8.96. The van der Waals surface area contributed by atoms with E-state index in [2.05, 4.69) is 15.0 Å². The number of aromatic nitrogens is 3. The van der Waals surface area contributed by atoms with Crippen LogP contribution in [0.15, 0.2) is 30.5 Å². The zero-order valence-electron chi connectivity index (χ0n) is 8.18. The summed E-state index contributed by atoms with van der Waals surface area (Å²) < 4.78 is 13.0. The number of nitrogens with zero attached hydrogens (tertiary/aromatic N) is 3.